The third kappa shape index (κ3) is 6.52. The van der Waals surface area contributed by atoms with Crippen LogP contribution in [0.2, 0.25) is 0 Å². The SMILES string of the molecule is COC(=O)C(C)NP(=O)(OCC1C=CC(C2C=C(C)[C@H](O)NC2=O)O1)Oc1ccc(C)cc1. The molecule has 2 aliphatic rings. The highest BCUT2D eigenvalue weighted by molar-refractivity contribution is 7.52. The number of aliphatic hydroxyl groups excluding tert-OH is 1. The number of methoxy groups -OCH3 is 1. The zero-order valence-corrected chi connectivity index (χ0v) is 19.8. The Bertz CT molecular complexity index is 977. The van der Waals surface area contributed by atoms with Crippen molar-refractivity contribution in [3.63, 3.8) is 0 Å². The average molecular weight is 480 g/mol. The van der Waals surface area contributed by atoms with Gasteiger partial charge in [0.1, 0.15) is 24.1 Å². The van der Waals surface area contributed by atoms with Gasteiger partial charge in [-0.15, -0.1) is 0 Å². The summed E-state index contributed by atoms with van der Waals surface area (Å²) in [6.45, 7) is 4.94. The normalized spacial score (nSPS) is 27.3. The molecular formula is C22H29N2O8P. The van der Waals surface area contributed by atoms with Crippen molar-refractivity contribution < 1.29 is 37.8 Å². The smallest absolute Gasteiger partial charge is 0.459 e. The maximum absolute atomic E-state index is 13.4. The summed E-state index contributed by atoms with van der Waals surface area (Å²) in [6.07, 6.45) is 2.90. The molecule has 33 heavy (non-hydrogen) atoms. The summed E-state index contributed by atoms with van der Waals surface area (Å²) in [5.41, 5.74) is 1.61. The van der Waals surface area contributed by atoms with Crippen LogP contribution in [0.3, 0.4) is 0 Å². The molecule has 0 spiro atoms. The molecule has 180 valence electrons. The number of aryl methyl sites for hydroxylation is 1. The van der Waals surface area contributed by atoms with E-state index in [1.54, 1.807) is 49.4 Å². The van der Waals surface area contributed by atoms with E-state index in [4.69, 9.17) is 13.8 Å². The van der Waals surface area contributed by atoms with Crippen LogP contribution in [-0.2, 0) is 28.2 Å². The van der Waals surface area contributed by atoms with E-state index >= 15 is 0 Å². The molecule has 6 atom stereocenters. The fraction of sp³-hybridized carbons (Fsp3) is 0.455. The number of esters is 1. The second kappa shape index (κ2) is 10.6. The monoisotopic (exact) mass is 480 g/mol. The number of hydrogen-bond acceptors (Lipinski definition) is 8. The standard InChI is InChI=1S/C22H29N2O8P/c1-13-5-7-16(8-6-13)32-33(28,24-15(3)22(27)29-4)30-12-17-9-10-19(31-17)18-11-14(2)20(25)23-21(18)26/h5-11,15,17-20,25H,12H2,1-4H3,(H,23,26)(H,24,28)/t15?,17?,18?,19?,20-,33?/m0/s1. The van der Waals surface area contributed by atoms with E-state index in [2.05, 4.69) is 15.1 Å². The first-order chi connectivity index (χ1) is 15.6. The molecule has 1 aromatic rings. The molecule has 0 bridgehead atoms. The van der Waals surface area contributed by atoms with Gasteiger partial charge in [-0.05, 0) is 38.5 Å². The molecule has 0 radical (unpaired) electrons. The first-order valence-electron chi connectivity index (χ1n) is 10.5. The van der Waals surface area contributed by atoms with Gasteiger partial charge in [-0.1, -0.05) is 35.9 Å². The van der Waals surface area contributed by atoms with Crippen molar-refractivity contribution in [2.24, 2.45) is 5.92 Å². The van der Waals surface area contributed by atoms with E-state index in [9.17, 15) is 19.3 Å². The van der Waals surface area contributed by atoms with Gasteiger partial charge in [0, 0.05) is 0 Å². The Morgan fingerprint density at radius 3 is 2.64 bits per heavy atom. The molecule has 0 saturated carbocycles. The minimum absolute atomic E-state index is 0.156. The van der Waals surface area contributed by atoms with Crippen LogP contribution >= 0.6 is 7.75 Å². The third-order valence-electron chi connectivity index (χ3n) is 5.22. The molecule has 3 rings (SSSR count). The van der Waals surface area contributed by atoms with Crippen molar-refractivity contribution in [1.29, 1.82) is 0 Å². The van der Waals surface area contributed by atoms with Crippen molar-refractivity contribution in [3.05, 3.63) is 53.6 Å². The molecule has 1 amide bonds. The summed E-state index contributed by atoms with van der Waals surface area (Å²) in [5, 5.41) is 14.8. The fourth-order valence-corrected chi connectivity index (χ4v) is 4.83. The van der Waals surface area contributed by atoms with Gasteiger partial charge in [0.2, 0.25) is 5.91 Å². The van der Waals surface area contributed by atoms with Crippen molar-refractivity contribution in [3.8, 4) is 5.75 Å². The van der Waals surface area contributed by atoms with E-state index in [0.29, 0.717) is 11.3 Å². The van der Waals surface area contributed by atoms with Gasteiger partial charge >= 0.3 is 13.7 Å². The summed E-state index contributed by atoms with van der Waals surface area (Å²) in [6, 6.07) is 5.91. The summed E-state index contributed by atoms with van der Waals surface area (Å²) in [4.78, 5) is 24.1. The lowest BCUT2D eigenvalue weighted by Gasteiger charge is -2.28. The summed E-state index contributed by atoms with van der Waals surface area (Å²) >= 11 is 0. The van der Waals surface area contributed by atoms with Crippen molar-refractivity contribution >= 4 is 19.6 Å². The number of benzene rings is 1. The molecule has 3 N–H and O–H groups in total. The van der Waals surface area contributed by atoms with Crippen LogP contribution in [0.4, 0.5) is 0 Å². The van der Waals surface area contributed by atoms with Gasteiger partial charge in [-0.3, -0.25) is 14.1 Å². The predicted molar refractivity (Wildman–Crippen MR) is 119 cm³/mol. The van der Waals surface area contributed by atoms with Crippen LogP contribution in [0.1, 0.15) is 19.4 Å². The molecule has 0 fully saturated rings. The summed E-state index contributed by atoms with van der Waals surface area (Å²) < 4.78 is 35.2. The van der Waals surface area contributed by atoms with Crippen LogP contribution < -0.4 is 14.9 Å². The summed E-state index contributed by atoms with van der Waals surface area (Å²) in [7, 11) is -2.78. The van der Waals surface area contributed by atoms with Gasteiger partial charge in [0.15, 0.2) is 0 Å². The second-order valence-corrected chi connectivity index (χ2v) is 9.64. The van der Waals surface area contributed by atoms with E-state index in [1.165, 1.54) is 14.0 Å². The van der Waals surface area contributed by atoms with Gasteiger partial charge in [-0.25, -0.2) is 4.57 Å². The molecule has 10 nitrogen and oxygen atoms in total. The van der Waals surface area contributed by atoms with Crippen molar-refractivity contribution in [2.45, 2.75) is 45.2 Å². The molecule has 11 heteroatoms. The number of carbonyl (C=O) groups excluding carboxylic acids is 2. The molecule has 0 saturated heterocycles. The number of aliphatic hydroxyl groups is 1. The molecule has 1 aromatic carbocycles. The number of amides is 1. The number of hydrogen-bond donors (Lipinski definition) is 3. The van der Waals surface area contributed by atoms with E-state index in [1.807, 2.05) is 6.92 Å². The molecule has 5 unspecified atom stereocenters. The predicted octanol–water partition coefficient (Wildman–Crippen LogP) is 1.98. The van der Waals surface area contributed by atoms with Crippen molar-refractivity contribution in [1.82, 2.24) is 10.4 Å². The zero-order chi connectivity index (χ0) is 24.2. The Balaban J connectivity index is 1.66. The lowest BCUT2D eigenvalue weighted by atomic mass is 9.95. The van der Waals surface area contributed by atoms with E-state index in [-0.39, 0.29) is 12.5 Å². The molecule has 2 aliphatic heterocycles. The quantitative estimate of drug-likeness (QED) is 0.276. The lowest BCUT2D eigenvalue weighted by molar-refractivity contribution is -0.142. The third-order valence-corrected chi connectivity index (χ3v) is 6.86. The second-order valence-electron chi connectivity index (χ2n) is 7.94. The van der Waals surface area contributed by atoms with Crippen LogP contribution in [0.15, 0.2) is 48.1 Å². The van der Waals surface area contributed by atoms with Crippen LogP contribution in [-0.4, -0.2) is 55.2 Å². The Kier molecular flexibility index (Phi) is 8.10. The number of rotatable bonds is 9. The molecular weight excluding hydrogens is 451 g/mol. The van der Waals surface area contributed by atoms with Crippen LogP contribution in [0.25, 0.3) is 0 Å². The Morgan fingerprint density at radius 1 is 1.27 bits per heavy atom. The average Bonchev–Trinajstić information content (AvgIpc) is 3.25. The topological polar surface area (TPSA) is 132 Å². The van der Waals surface area contributed by atoms with Crippen molar-refractivity contribution in [2.75, 3.05) is 13.7 Å². The molecule has 2 heterocycles. The molecule has 0 aromatic heterocycles. The highest BCUT2D eigenvalue weighted by Gasteiger charge is 2.37. The minimum atomic E-state index is -4.00. The van der Waals surface area contributed by atoms with Gasteiger partial charge in [0.05, 0.1) is 25.7 Å². The maximum atomic E-state index is 13.4. The highest BCUT2D eigenvalue weighted by atomic mass is 31.2. The zero-order valence-electron chi connectivity index (χ0n) is 18.9. The van der Waals surface area contributed by atoms with Crippen LogP contribution in [0, 0.1) is 12.8 Å². The van der Waals surface area contributed by atoms with Gasteiger partial charge < -0.3 is 24.4 Å². The first kappa shape index (κ1) is 25.1. The number of nitrogens with one attached hydrogen (secondary N) is 2. The van der Waals surface area contributed by atoms with Crippen LogP contribution in [0.5, 0.6) is 5.75 Å². The van der Waals surface area contributed by atoms with Gasteiger partial charge in [-0.2, -0.15) is 5.09 Å². The number of carbonyl (C=O) groups is 2. The summed E-state index contributed by atoms with van der Waals surface area (Å²) in [5.74, 6) is -1.29. The van der Waals surface area contributed by atoms with Gasteiger partial charge in [0.25, 0.3) is 0 Å². The Labute approximate surface area is 192 Å². The lowest BCUT2D eigenvalue weighted by Crippen LogP contribution is -2.46. The minimum Gasteiger partial charge on any atom is -0.468 e. The number of ether oxygens (including phenoxy) is 2. The highest BCUT2D eigenvalue weighted by Crippen LogP contribution is 2.45. The largest absolute Gasteiger partial charge is 0.468 e. The Morgan fingerprint density at radius 2 is 1.97 bits per heavy atom. The fourth-order valence-electron chi connectivity index (χ4n) is 3.33. The first-order valence-corrected chi connectivity index (χ1v) is 12.0. The Hall–Kier alpha value is -2.49. The van der Waals surface area contributed by atoms with E-state index in [0.717, 1.165) is 5.56 Å². The molecule has 0 aliphatic carbocycles. The maximum Gasteiger partial charge on any atom is 0.459 e. The van der Waals surface area contributed by atoms with E-state index < -0.39 is 44.1 Å².